The van der Waals surface area contributed by atoms with Gasteiger partial charge in [0.05, 0.1) is 12.2 Å². The molecule has 0 bridgehead atoms. The van der Waals surface area contributed by atoms with Crippen molar-refractivity contribution < 1.29 is 4.74 Å². The van der Waals surface area contributed by atoms with E-state index in [2.05, 4.69) is 51.4 Å². The number of nitrogens with zero attached hydrogens (tertiary/aromatic N) is 4. The number of thiazole rings is 1. The van der Waals surface area contributed by atoms with Crippen LogP contribution >= 0.6 is 35.3 Å². The molecule has 0 amide bonds. The van der Waals surface area contributed by atoms with Gasteiger partial charge in [-0.05, 0) is 47.2 Å². The molecule has 1 unspecified atom stereocenters. The summed E-state index contributed by atoms with van der Waals surface area (Å²) >= 11 is 1.65. The van der Waals surface area contributed by atoms with E-state index < -0.39 is 0 Å². The average molecular weight is 497 g/mol. The van der Waals surface area contributed by atoms with E-state index in [4.69, 9.17) is 4.74 Å². The van der Waals surface area contributed by atoms with Crippen LogP contribution in [0.25, 0.3) is 0 Å². The Morgan fingerprint density at radius 2 is 2.00 bits per heavy atom. The Labute approximate surface area is 180 Å². The zero-order valence-corrected chi connectivity index (χ0v) is 20.4. The fourth-order valence-corrected chi connectivity index (χ4v) is 3.17. The van der Waals surface area contributed by atoms with E-state index in [9.17, 15) is 0 Å². The third-order valence-electron chi connectivity index (χ3n) is 4.35. The summed E-state index contributed by atoms with van der Waals surface area (Å²) in [5.41, 5.74) is 1.05. The molecule has 1 heterocycles. The van der Waals surface area contributed by atoms with E-state index in [0.29, 0.717) is 6.04 Å². The van der Waals surface area contributed by atoms with Gasteiger partial charge < -0.3 is 19.9 Å². The number of unbranched alkanes of at least 4 members (excludes halogenated alkanes) is 1. The first kappa shape index (κ1) is 25.6. The molecule has 0 saturated heterocycles. The van der Waals surface area contributed by atoms with Crippen LogP contribution in [0.2, 0.25) is 0 Å². The quantitative estimate of drug-likeness (QED) is 0.232. The van der Waals surface area contributed by atoms with Gasteiger partial charge in [-0.2, -0.15) is 0 Å². The molecule has 0 radical (unpaired) electrons. The second-order valence-electron chi connectivity index (χ2n) is 6.67. The molecule has 0 aliphatic carbocycles. The van der Waals surface area contributed by atoms with Crippen LogP contribution in [0.15, 0.2) is 10.4 Å². The minimum atomic E-state index is 0. The van der Waals surface area contributed by atoms with Crippen molar-refractivity contribution in [1.82, 2.24) is 20.1 Å². The molecule has 8 heteroatoms. The van der Waals surface area contributed by atoms with Gasteiger partial charge in [-0.25, -0.2) is 4.98 Å². The molecule has 0 fully saturated rings. The van der Waals surface area contributed by atoms with Crippen LogP contribution in [0, 0.1) is 0 Å². The molecular formula is C18H36IN5OS. The zero-order valence-electron chi connectivity index (χ0n) is 17.3. The molecule has 1 aromatic rings. The van der Waals surface area contributed by atoms with Gasteiger partial charge in [0.25, 0.3) is 0 Å². The van der Waals surface area contributed by atoms with Crippen LogP contribution in [0.3, 0.4) is 0 Å². The van der Waals surface area contributed by atoms with Crippen molar-refractivity contribution in [2.75, 3.05) is 41.3 Å². The number of guanidine groups is 1. The predicted octanol–water partition coefficient (Wildman–Crippen LogP) is 3.60. The zero-order chi connectivity index (χ0) is 18.8. The molecule has 152 valence electrons. The largest absolute Gasteiger partial charge is 0.375 e. The van der Waals surface area contributed by atoms with Crippen molar-refractivity contribution in [3.8, 4) is 0 Å². The summed E-state index contributed by atoms with van der Waals surface area (Å²) in [6, 6.07) is 0.607. The highest BCUT2D eigenvalue weighted by Crippen LogP contribution is 2.20. The highest BCUT2D eigenvalue weighted by molar-refractivity contribution is 14.0. The summed E-state index contributed by atoms with van der Waals surface area (Å²) in [7, 11) is 7.76. The minimum Gasteiger partial charge on any atom is -0.375 e. The smallest absolute Gasteiger partial charge is 0.193 e. The van der Waals surface area contributed by atoms with Gasteiger partial charge in [-0.1, -0.05) is 0 Å². The highest BCUT2D eigenvalue weighted by Gasteiger charge is 2.12. The monoisotopic (exact) mass is 497 g/mol. The molecule has 0 saturated carbocycles. The van der Waals surface area contributed by atoms with E-state index >= 15 is 0 Å². The fraction of sp³-hybridized carbons (Fsp3) is 0.778. The van der Waals surface area contributed by atoms with E-state index in [1.54, 1.807) is 18.4 Å². The van der Waals surface area contributed by atoms with Gasteiger partial charge in [0.1, 0.15) is 11.1 Å². The summed E-state index contributed by atoms with van der Waals surface area (Å²) in [6.45, 7) is 9.28. The number of ether oxygens (including phenoxy) is 1. The van der Waals surface area contributed by atoms with Crippen molar-refractivity contribution in [2.45, 2.75) is 52.3 Å². The number of aliphatic imine (C=N–C) groups is 1. The first-order chi connectivity index (χ1) is 11.9. The van der Waals surface area contributed by atoms with Crippen LogP contribution in [0.5, 0.6) is 0 Å². The lowest BCUT2D eigenvalue weighted by Gasteiger charge is -2.22. The van der Waals surface area contributed by atoms with Crippen LogP contribution < -0.4 is 5.32 Å². The van der Waals surface area contributed by atoms with Crippen molar-refractivity contribution >= 4 is 41.3 Å². The Morgan fingerprint density at radius 3 is 2.58 bits per heavy atom. The Hall–Kier alpha value is -0.450. The normalized spacial score (nSPS) is 13.0. The molecule has 0 spiro atoms. The first-order valence-corrected chi connectivity index (χ1v) is 9.86. The maximum atomic E-state index is 5.33. The third kappa shape index (κ3) is 8.96. The number of nitrogens with one attached hydrogen (secondary N) is 1. The molecule has 1 aromatic heterocycles. The van der Waals surface area contributed by atoms with Gasteiger partial charge in [-0.15, -0.1) is 35.3 Å². The van der Waals surface area contributed by atoms with E-state index in [-0.39, 0.29) is 30.1 Å². The molecule has 26 heavy (non-hydrogen) atoms. The van der Waals surface area contributed by atoms with Crippen molar-refractivity contribution in [2.24, 2.45) is 4.99 Å². The van der Waals surface area contributed by atoms with Crippen molar-refractivity contribution in [1.29, 1.82) is 0 Å². The molecule has 0 aliphatic heterocycles. The Bertz CT molecular complexity index is 523. The van der Waals surface area contributed by atoms with E-state index in [1.807, 2.05) is 21.0 Å². The SMILES string of the molecule is CN=C(NCCCCN(C)C(C)C)N(C)Cc1csc(C(C)OC)n1.I. The minimum absolute atomic E-state index is 0. The number of aromatic nitrogens is 1. The van der Waals surface area contributed by atoms with Gasteiger partial charge in [0.15, 0.2) is 5.96 Å². The highest BCUT2D eigenvalue weighted by atomic mass is 127. The summed E-state index contributed by atoms with van der Waals surface area (Å²) in [6.07, 6.45) is 2.37. The molecular weight excluding hydrogens is 461 g/mol. The molecule has 1 rings (SSSR count). The topological polar surface area (TPSA) is 53.0 Å². The maximum absolute atomic E-state index is 5.33. The number of hydrogen-bond donors (Lipinski definition) is 1. The van der Waals surface area contributed by atoms with E-state index in [0.717, 1.165) is 42.7 Å². The Balaban J connectivity index is 0.00000625. The lowest BCUT2D eigenvalue weighted by Crippen LogP contribution is -2.39. The van der Waals surface area contributed by atoms with Crippen LogP contribution in [0.4, 0.5) is 0 Å². The first-order valence-electron chi connectivity index (χ1n) is 8.98. The average Bonchev–Trinajstić information content (AvgIpc) is 3.05. The Kier molecular flexibility index (Phi) is 13.4. The number of hydrogen-bond acceptors (Lipinski definition) is 5. The second-order valence-corrected chi connectivity index (χ2v) is 7.56. The van der Waals surface area contributed by atoms with Gasteiger partial charge in [0, 0.05) is 39.2 Å². The number of methoxy groups -OCH3 is 1. The summed E-state index contributed by atoms with van der Waals surface area (Å²) < 4.78 is 5.33. The Morgan fingerprint density at radius 1 is 1.31 bits per heavy atom. The molecule has 0 aromatic carbocycles. The summed E-state index contributed by atoms with van der Waals surface area (Å²) in [4.78, 5) is 13.5. The van der Waals surface area contributed by atoms with Gasteiger partial charge in [-0.3, -0.25) is 4.99 Å². The van der Waals surface area contributed by atoms with Gasteiger partial charge in [0.2, 0.25) is 0 Å². The van der Waals surface area contributed by atoms with E-state index in [1.165, 1.54) is 6.42 Å². The van der Waals surface area contributed by atoms with Crippen LogP contribution in [0.1, 0.15) is 50.4 Å². The molecule has 1 N–H and O–H groups in total. The predicted molar refractivity (Wildman–Crippen MR) is 123 cm³/mol. The fourth-order valence-electron chi connectivity index (χ4n) is 2.33. The van der Waals surface area contributed by atoms with Crippen molar-refractivity contribution in [3.05, 3.63) is 16.1 Å². The van der Waals surface area contributed by atoms with Crippen LogP contribution in [-0.4, -0.2) is 68.1 Å². The molecule has 1 atom stereocenters. The maximum Gasteiger partial charge on any atom is 0.193 e. The standard InChI is InChI=1S/C18H35N5OS.HI/c1-14(2)22(5)11-9-8-10-20-18(19-4)23(6)12-16-13-25-17(21-16)15(3)24-7;/h13-15H,8-12H2,1-7H3,(H,19,20);1H. The lowest BCUT2D eigenvalue weighted by atomic mass is 10.2. The van der Waals surface area contributed by atoms with Crippen molar-refractivity contribution in [3.63, 3.8) is 0 Å². The third-order valence-corrected chi connectivity index (χ3v) is 5.40. The lowest BCUT2D eigenvalue weighted by molar-refractivity contribution is 0.119. The molecule has 6 nitrogen and oxygen atoms in total. The second kappa shape index (κ2) is 13.7. The summed E-state index contributed by atoms with van der Waals surface area (Å²) in [5.74, 6) is 0.909. The number of rotatable bonds is 10. The summed E-state index contributed by atoms with van der Waals surface area (Å²) in [5, 5.41) is 6.55. The van der Waals surface area contributed by atoms with Crippen LogP contribution in [-0.2, 0) is 11.3 Å². The van der Waals surface area contributed by atoms with Gasteiger partial charge >= 0.3 is 0 Å². The molecule has 0 aliphatic rings. The number of halogens is 1.